The zero-order chi connectivity index (χ0) is 14.9. The van der Waals surface area contributed by atoms with Crippen molar-refractivity contribution in [1.29, 1.82) is 0 Å². The van der Waals surface area contributed by atoms with Crippen LogP contribution in [-0.4, -0.2) is 49.0 Å². The zero-order valence-electron chi connectivity index (χ0n) is 11.5. The van der Waals surface area contributed by atoms with Gasteiger partial charge in [-0.15, -0.1) is 0 Å². The second-order valence-electron chi connectivity index (χ2n) is 4.52. The van der Waals surface area contributed by atoms with Gasteiger partial charge >= 0.3 is 6.03 Å². The van der Waals surface area contributed by atoms with Crippen LogP contribution in [0.5, 0.6) is 5.75 Å². The van der Waals surface area contributed by atoms with E-state index in [4.69, 9.17) is 10.5 Å². The molecule has 0 radical (unpaired) electrons. The number of amidine groups is 1. The van der Waals surface area contributed by atoms with Gasteiger partial charge in [0, 0.05) is 14.1 Å². The van der Waals surface area contributed by atoms with Gasteiger partial charge in [0.25, 0.3) is 5.91 Å². The number of methoxy groups -OCH3 is 1. The van der Waals surface area contributed by atoms with Crippen LogP contribution in [0.3, 0.4) is 0 Å². The maximum absolute atomic E-state index is 12.4. The van der Waals surface area contributed by atoms with Crippen molar-refractivity contribution in [2.75, 3.05) is 21.2 Å². The van der Waals surface area contributed by atoms with E-state index in [0.717, 1.165) is 5.01 Å². The molecule has 1 unspecified atom stereocenters. The molecule has 1 aromatic carbocycles. The highest BCUT2D eigenvalue weighted by Crippen LogP contribution is 2.25. The first-order valence-corrected chi connectivity index (χ1v) is 5.99. The standard InChI is InChI=1S/C13H16N4O3/c1-16(2)17-12(18)10(11(14)15-13(17)19)8-4-6-9(20-3)7-5-8/h4-7,10H,1-3H3,(H2,14,15,19). The lowest BCUT2D eigenvalue weighted by Crippen LogP contribution is -2.53. The van der Waals surface area contributed by atoms with Crippen molar-refractivity contribution in [3.8, 4) is 5.75 Å². The number of carbonyl (C=O) groups excluding carboxylic acids is 2. The minimum Gasteiger partial charge on any atom is -0.497 e. The third-order valence-electron chi connectivity index (χ3n) is 3.01. The van der Waals surface area contributed by atoms with Crippen LogP contribution >= 0.6 is 0 Å². The number of carbonyl (C=O) groups is 2. The van der Waals surface area contributed by atoms with Crippen molar-refractivity contribution < 1.29 is 14.3 Å². The van der Waals surface area contributed by atoms with Gasteiger partial charge < -0.3 is 10.5 Å². The highest BCUT2D eigenvalue weighted by atomic mass is 16.5. The number of amides is 3. The molecule has 7 nitrogen and oxygen atoms in total. The van der Waals surface area contributed by atoms with Crippen LogP contribution in [0.2, 0.25) is 0 Å². The van der Waals surface area contributed by atoms with Gasteiger partial charge in [0.2, 0.25) is 0 Å². The Bertz CT molecular complexity index is 565. The molecule has 0 aromatic heterocycles. The summed E-state index contributed by atoms with van der Waals surface area (Å²) in [4.78, 5) is 27.8. The molecule has 1 atom stereocenters. The van der Waals surface area contributed by atoms with E-state index in [9.17, 15) is 9.59 Å². The molecule has 1 aromatic rings. The number of aliphatic imine (C=N–C) groups is 1. The first kappa shape index (κ1) is 14.0. The number of nitrogens with two attached hydrogens (primary N) is 1. The topological polar surface area (TPSA) is 88.2 Å². The predicted octanol–water partition coefficient (Wildman–Crippen LogP) is 0.575. The molecular weight excluding hydrogens is 260 g/mol. The Balaban J connectivity index is 2.41. The summed E-state index contributed by atoms with van der Waals surface area (Å²) in [5, 5.41) is 2.35. The second-order valence-corrected chi connectivity index (χ2v) is 4.52. The van der Waals surface area contributed by atoms with E-state index < -0.39 is 17.9 Å². The van der Waals surface area contributed by atoms with E-state index >= 15 is 0 Å². The Labute approximate surface area is 116 Å². The van der Waals surface area contributed by atoms with Gasteiger partial charge in [-0.1, -0.05) is 12.1 Å². The third-order valence-corrected chi connectivity index (χ3v) is 3.01. The van der Waals surface area contributed by atoms with Crippen LogP contribution in [-0.2, 0) is 4.79 Å². The molecule has 1 heterocycles. The number of hydrogen-bond acceptors (Lipinski definition) is 5. The molecule has 20 heavy (non-hydrogen) atoms. The number of hydrogen-bond donors (Lipinski definition) is 1. The Kier molecular flexibility index (Phi) is 3.71. The molecule has 2 rings (SSSR count). The smallest absolute Gasteiger partial charge is 0.366 e. The SMILES string of the molecule is COc1ccc(C2C(=O)N(N(C)C)C(=O)N=C2N)cc1. The van der Waals surface area contributed by atoms with E-state index in [0.29, 0.717) is 11.3 Å². The number of hydrazine groups is 1. The molecule has 0 fully saturated rings. The number of ether oxygens (including phenoxy) is 1. The normalized spacial score (nSPS) is 19.3. The average Bonchev–Trinajstić information content (AvgIpc) is 2.38. The van der Waals surface area contributed by atoms with E-state index in [-0.39, 0.29) is 5.84 Å². The molecule has 0 aliphatic carbocycles. The fourth-order valence-corrected chi connectivity index (χ4v) is 2.04. The molecule has 106 valence electrons. The van der Waals surface area contributed by atoms with Crippen LogP contribution in [0, 0.1) is 0 Å². The Hall–Kier alpha value is -2.41. The number of urea groups is 1. The van der Waals surface area contributed by atoms with E-state index in [1.807, 2.05) is 0 Å². The minimum atomic E-state index is -0.763. The van der Waals surface area contributed by atoms with E-state index in [2.05, 4.69) is 4.99 Å². The molecule has 1 aliphatic heterocycles. The van der Waals surface area contributed by atoms with Gasteiger partial charge in [0.05, 0.1) is 7.11 Å². The quantitative estimate of drug-likeness (QED) is 0.872. The van der Waals surface area contributed by atoms with Crippen molar-refractivity contribution in [3.05, 3.63) is 29.8 Å². The fourth-order valence-electron chi connectivity index (χ4n) is 2.04. The van der Waals surface area contributed by atoms with Gasteiger partial charge in [0.1, 0.15) is 17.5 Å². The van der Waals surface area contributed by atoms with Gasteiger partial charge in [-0.25, -0.2) is 9.80 Å². The van der Waals surface area contributed by atoms with Gasteiger partial charge in [-0.2, -0.15) is 10.0 Å². The fraction of sp³-hybridized carbons (Fsp3) is 0.308. The lowest BCUT2D eigenvalue weighted by atomic mass is 9.95. The molecule has 2 N–H and O–H groups in total. The minimum absolute atomic E-state index is 0.00302. The molecule has 1 aliphatic rings. The number of nitrogens with zero attached hydrogens (tertiary/aromatic N) is 3. The summed E-state index contributed by atoms with van der Waals surface area (Å²) in [5.41, 5.74) is 6.42. The van der Waals surface area contributed by atoms with Crippen molar-refractivity contribution in [1.82, 2.24) is 10.0 Å². The summed E-state index contributed by atoms with van der Waals surface area (Å²) in [7, 11) is 4.75. The molecule has 0 bridgehead atoms. The maximum atomic E-state index is 12.4. The summed E-state index contributed by atoms with van der Waals surface area (Å²) in [6.45, 7) is 0. The van der Waals surface area contributed by atoms with Crippen molar-refractivity contribution in [3.63, 3.8) is 0 Å². The Morgan fingerprint density at radius 1 is 1.25 bits per heavy atom. The van der Waals surface area contributed by atoms with Crippen LogP contribution in [0.4, 0.5) is 4.79 Å². The van der Waals surface area contributed by atoms with E-state index in [1.54, 1.807) is 45.5 Å². The number of imide groups is 1. The Morgan fingerprint density at radius 2 is 1.85 bits per heavy atom. The summed E-state index contributed by atoms with van der Waals surface area (Å²) in [6.07, 6.45) is 0. The summed E-state index contributed by atoms with van der Waals surface area (Å²) in [6, 6.07) is 6.24. The summed E-state index contributed by atoms with van der Waals surface area (Å²) < 4.78 is 5.07. The highest BCUT2D eigenvalue weighted by Gasteiger charge is 2.38. The first-order chi connectivity index (χ1) is 9.45. The molecule has 3 amide bonds. The molecule has 0 saturated heterocycles. The molecule has 0 saturated carbocycles. The van der Waals surface area contributed by atoms with Crippen molar-refractivity contribution in [2.24, 2.45) is 10.7 Å². The molecule has 7 heteroatoms. The van der Waals surface area contributed by atoms with Gasteiger partial charge in [-0.05, 0) is 17.7 Å². The molecular formula is C13H16N4O3. The van der Waals surface area contributed by atoms with Crippen LogP contribution in [0.1, 0.15) is 11.5 Å². The van der Waals surface area contributed by atoms with Crippen molar-refractivity contribution in [2.45, 2.75) is 5.92 Å². The van der Waals surface area contributed by atoms with E-state index in [1.165, 1.54) is 5.01 Å². The summed E-state index contributed by atoms with van der Waals surface area (Å²) in [5.74, 6) is -0.505. The lowest BCUT2D eigenvalue weighted by Gasteiger charge is -2.32. The van der Waals surface area contributed by atoms with Crippen LogP contribution in [0.25, 0.3) is 0 Å². The maximum Gasteiger partial charge on any atom is 0.366 e. The highest BCUT2D eigenvalue weighted by molar-refractivity contribution is 6.18. The molecule has 0 spiro atoms. The van der Waals surface area contributed by atoms with Gasteiger partial charge in [0.15, 0.2) is 0 Å². The van der Waals surface area contributed by atoms with Gasteiger partial charge in [-0.3, -0.25) is 4.79 Å². The second kappa shape index (κ2) is 5.30. The van der Waals surface area contributed by atoms with Crippen LogP contribution < -0.4 is 10.5 Å². The largest absolute Gasteiger partial charge is 0.497 e. The zero-order valence-corrected chi connectivity index (χ0v) is 11.5. The third kappa shape index (κ3) is 2.35. The predicted molar refractivity (Wildman–Crippen MR) is 73.3 cm³/mol. The first-order valence-electron chi connectivity index (χ1n) is 5.99. The van der Waals surface area contributed by atoms with Crippen molar-refractivity contribution >= 4 is 17.8 Å². The number of benzene rings is 1. The number of rotatable bonds is 3. The monoisotopic (exact) mass is 276 g/mol. The Morgan fingerprint density at radius 3 is 2.35 bits per heavy atom. The average molecular weight is 276 g/mol. The van der Waals surface area contributed by atoms with Crippen LogP contribution in [0.15, 0.2) is 29.3 Å². The summed E-state index contributed by atoms with van der Waals surface area (Å²) >= 11 is 0. The lowest BCUT2D eigenvalue weighted by molar-refractivity contribution is -0.138.